The summed E-state index contributed by atoms with van der Waals surface area (Å²) >= 11 is 0. The molecule has 0 radical (unpaired) electrons. The fourth-order valence-corrected chi connectivity index (χ4v) is 2.52. The molecule has 0 saturated heterocycles. The Morgan fingerprint density at radius 1 is 1.26 bits per heavy atom. The average Bonchev–Trinajstić information content (AvgIpc) is 2.82. The van der Waals surface area contributed by atoms with Gasteiger partial charge in [-0.3, -0.25) is 4.90 Å². The Bertz CT molecular complexity index is 643. The maximum absolute atomic E-state index is 9.17. The summed E-state index contributed by atoms with van der Waals surface area (Å²) in [7, 11) is 0. The molecule has 0 fully saturated rings. The van der Waals surface area contributed by atoms with E-state index in [9.17, 15) is 5.26 Å². The van der Waals surface area contributed by atoms with Crippen molar-refractivity contribution in [2.45, 2.75) is 19.6 Å². The number of benzene rings is 1. The lowest BCUT2D eigenvalue weighted by atomic mass is 10.1. The highest BCUT2D eigenvalue weighted by molar-refractivity contribution is 5.56. The molecule has 0 spiro atoms. The predicted octanol–water partition coefficient (Wildman–Crippen LogP) is 2.05. The second-order valence-corrected chi connectivity index (χ2v) is 4.76. The van der Waals surface area contributed by atoms with Gasteiger partial charge in [-0.1, -0.05) is 30.3 Å². The van der Waals surface area contributed by atoms with Gasteiger partial charge in [0, 0.05) is 25.8 Å². The molecule has 0 bridgehead atoms. The average molecular weight is 250 g/mol. The first-order chi connectivity index (χ1) is 9.28. The summed E-state index contributed by atoms with van der Waals surface area (Å²) in [6.07, 6.45) is 1.79. The van der Waals surface area contributed by atoms with Crippen LogP contribution in [-0.2, 0) is 19.6 Å². The van der Waals surface area contributed by atoms with Crippen molar-refractivity contribution >= 4 is 5.82 Å². The number of nitrogen functional groups attached to an aromatic ring is 1. The highest BCUT2D eigenvalue weighted by Gasteiger charge is 2.23. The molecule has 0 unspecified atom stereocenters. The number of aromatic nitrogens is 1. The standard InChI is InChI=1S/C15H14N4/c16-6-13-14-10-19(8-11-4-2-1-3-5-11)9-12(14)7-18-15(13)17/h1-5,7H,8-10H2,(H2,17,18). The Hall–Kier alpha value is -2.38. The molecule has 1 aliphatic heterocycles. The van der Waals surface area contributed by atoms with E-state index in [2.05, 4.69) is 28.1 Å². The fraction of sp³-hybridized carbons (Fsp3) is 0.200. The Morgan fingerprint density at radius 2 is 2.05 bits per heavy atom. The molecule has 4 nitrogen and oxygen atoms in total. The highest BCUT2D eigenvalue weighted by Crippen LogP contribution is 2.28. The van der Waals surface area contributed by atoms with Gasteiger partial charge in [0.2, 0.25) is 0 Å². The van der Waals surface area contributed by atoms with Gasteiger partial charge in [-0.25, -0.2) is 4.98 Å². The lowest BCUT2D eigenvalue weighted by Gasteiger charge is -2.14. The third kappa shape index (κ3) is 2.16. The van der Waals surface area contributed by atoms with Crippen molar-refractivity contribution < 1.29 is 0 Å². The van der Waals surface area contributed by atoms with Gasteiger partial charge in [0.15, 0.2) is 0 Å². The van der Waals surface area contributed by atoms with E-state index >= 15 is 0 Å². The van der Waals surface area contributed by atoms with Gasteiger partial charge in [-0.2, -0.15) is 5.26 Å². The maximum Gasteiger partial charge on any atom is 0.141 e. The third-order valence-corrected chi connectivity index (χ3v) is 3.44. The molecule has 1 aliphatic rings. The van der Waals surface area contributed by atoms with Crippen LogP contribution in [-0.4, -0.2) is 9.88 Å². The van der Waals surface area contributed by atoms with Crippen molar-refractivity contribution in [3.05, 3.63) is 58.8 Å². The highest BCUT2D eigenvalue weighted by atomic mass is 15.1. The molecule has 2 heterocycles. The van der Waals surface area contributed by atoms with Gasteiger partial charge in [0.1, 0.15) is 11.9 Å². The molecule has 94 valence electrons. The van der Waals surface area contributed by atoms with Crippen molar-refractivity contribution in [2.75, 3.05) is 5.73 Å². The van der Waals surface area contributed by atoms with Gasteiger partial charge >= 0.3 is 0 Å². The van der Waals surface area contributed by atoms with E-state index in [0.717, 1.165) is 30.8 Å². The van der Waals surface area contributed by atoms with Crippen LogP contribution in [0.5, 0.6) is 0 Å². The van der Waals surface area contributed by atoms with Crippen LogP contribution in [0.2, 0.25) is 0 Å². The SMILES string of the molecule is N#Cc1c(N)ncc2c1CN(Cc1ccccc1)C2. The van der Waals surface area contributed by atoms with Crippen LogP contribution in [0, 0.1) is 11.3 Å². The molecule has 2 aromatic rings. The van der Waals surface area contributed by atoms with E-state index in [0.29, 0.717) is 11.4 Å². The lowest BCUT2D eigenvalue weighted by Crippen LogP contribution is -2.15. The summed E-state index contributed by atoms with van der Waals surface area (Å²) in [5.41, 5.74) is 9.70. The Balaban J connectivity index is 1.83. The largest absolute Gasteiger partial charge is 0.383 e. The third-order valence-electron chi connectivity index (χ3n) is 3.44. The lowest BCUT2D eigenvalue weighted by molar-refractivity contribution is 0.275. The summed E-state index contributed by atoms with van der Waals surface area (Å²) in [5.74, 6) is 0.336. The first kappa shape index (κ1) is 11.7. The predicted molar refractivity (Wildman–Crippen MR) is 72.8 cm³/mol. The van der Waals surface area contributed by atoms with E-state index in [-0.39, 0.29) is 0 Å². The van der Waals surface area contributed by atoms with Crippen molar-refractivity contribution in [3.8, 4) is 6.07 Å². The maximum atomic E-state index is 9.17. The molecule has 1 aromatic carbocycles. The van der Waals surface area contributed by atoms with Crippen molar-refractivity contribution in [2.24, 2.45) is 0 Å². The number of hydrogen-bond acceptors (Lipinski definition) is 4. The van der Waals surface area contributed by atoms with Crippen molar-refractivity contribution in [1.29, 1.82) is 5.26 Å². The number of nitriles is 1. The first-order valence-electron chi connectivity index (χ1n) is 6.20. The zero-order chi connectivity index (χ0) is 13.2. The number of hydrogen-bond donors (Lipinski definition) is 1. The van der Waals surface area contributed by atoms with E-state index < -0.39 is 0 Å². The van der Waals surface area contributed by atoms with Gasteiger partial charge in [-0.15, -0.1) is 0 Å². The topological polar surface area (TPSA) is 65.9 Å². The number of nitrogens with two attached hydrogens (primary N) is 1. The second kappa shape index (κ2) is 4.71. The molecule has 3 rings (SSSR count). The summed E-state index contributed by atoms with van der Waals surface area (Å²) in [4.78, 5) is 6.39. The zero-order valence-corrected chi connectivity index (χ0v) is 10.5. The summed E-state index contributed by atoms with van der Waals surface area (Å²) < 4.78 is 0. The van der Waals surface area contributed by atoms with Crippen LogP contribution in [0.4, 0.5) is 5.82 Å². The van der Waals surface area contributed by atoms with Gasteiger partial charge in [-0.05, 0) is 16.7 Å². The molecular weight excluding hydrogens is 236 g/mol. The molecule has 1 aromatic heterocycles. The molecule has 2 N–H and O–H groups in total. The number of anilines is 1. The summed E-state index contributed by atoms with van der Waals surface area (Å²) in [6, 6.07) is 12.5. The van der Waals surface area contributed by atoms with Crippen LogP contribution in [0.3, 0.4) is 0 Å². The first-order valence-corrected chi connectivity index (χ1v) is 6.20. The van der Waals surface area contributed by atoms with Crippen LogP contribution in [0.1, 0.15) is 22.3 Å². The number of pyridine rings is 1. The van der Waals surface area contributed by atoms with Crippen LogP contribution in [0.25, 0.3) is 0 Å². The monoisotopic (exact) mass is 250 g/mol. The van der Waals surface area contributed by atoms with Gasteiger partial charge in [0.25, 0.3) is 0 Å². The number of nitrogens with zero attached hydrogens (tertiary/aromatic N) is 3. The van der Waals surface area contributed by atoms with Crippen molar-refractivity contribution in [3.63, 3.8) is 0 Å². The summed E-state index contributed by atoms with van der Waals surface area (Å²) in [6.45, 7) is 2.46. The molecular formula is C15H14N4. The summed E-state index contributed by atoms with van der Waals surface area (Å²) in [5, 5.41) is 9.17. The second-order valence-electron chi connectivity index (χ2n) is 4.76. The molecule has 4 heteroatoms. The van der Waals surface area contributed by atoms with Gasteiger partial charge < -0.3 is 5.73 Å². The smallest absolute Gasteiger partial charge is 0.141 e. The van der Waals surface area contributed by atoms with E-state index in [1.807, 2.05) is 18.2 Å². The minimum Gasteiger partial charge on any atom is -0.383 e. The van der Waals surface area contributed by atoms with E-state index in [1.54, 1.807) is 6.20 Å². The molecule has 0 aliphatic carbocycles. The Kier molecular flexibility index (Phi) is 2.90. The Labute approximate surface area is 112 Å². The minimum absolute atomic E-state index is 0.336. The Morgan fingerprint density at radius 3 is 2.79 bits per heavy atom. The van der Waals surface area contributed by atoms with Crippen LogP contribution >= 0.6 is 0 Å². The van der Waals surface area contributed by atoms with Crippen LogP contribution in [0.15, 0.2) is 36.5 Å². The normalized spacial score (nSPS) is 14.1. The quantitative estimate of drug-likeness (QED) is 0.885. The molecule has 0 saturated carbocycles. The zero-order valence-electron chi connectivity index (χ0n) is 10.5. The number of fused-ring (bicyclic) bond motifs is 1. The van der Waals surface area contributed by atoms with Crippen molar-refractivity contribution in [1.82, 2.24) is 9.88 Å². The molecule has 0 atom stereocenters. The fourth-order valence-electron chi connectivity index (χ4n) is 2.52. The van der Waals surface area contributed by atoms with E-state index in [1.165, 1.54) is 5.56 Å². The minimum atomic E-state index is 0.336. The molecule has 19 heavy (non-hydrogen) atoms. The molecule has 0 amide bonds. The van der Waals surface area contributed by atoms with Crippen LogP contribution < -0.4 is 5.73 Å². The van der Waals surface area contributed by atoms with E-state index in [4.69, 9.17) is 5.73 Å². The number of rotatable bonds is 2. The van der Waals surface area contributed by atoms with Gasteiger partial charge in [0.05, 0.1) is 5.56 Å².